The Labute approximate surface area is 111 Å². The molecule has 18 heavy (non-hydrogen) atoms. The van der Waals surface area contributed by atoms with E-state index >= 15 is 0 Å². The van der Waals surface area contributed by atoms with E-state index in [2.05, 4.69) is 12.2 Å². The Morgan fingerprint density at radius 2 is 1.94 bits per heavy atom. The summed E-state index contributed by atoms with van der Waals surface area (Å²) < 4.78 is 5.30. The van der Waals surface area contributed by atoms with Crippen molar-refractivity contribution in [1.29, 1.82) is 0 Å². The van der Waals surface area contributed by atoms with Gasteiger partial charge < -0.3 is 10.1 Å². The molecule has 2 saturated carbocycles. The Kier molecular flexibility index (Phi) is 3.61. The van der Waals surface area contributed by atoms with Gasteiger partial charge in [-0.2, -0.15) is 0 Å². The van der Waals surface area contributed by atoms with Crippen LogP contribution in [0.5, 0.6) is 0 Å². The number of rotatable bonds is 2. The van der Waals surface area contributed by atoms with Gasteiger partial charge in [0.1, 0.15) is 5.60 Å². The summed E-state index contributed by atoms with van der Waals surface area (Å²) in [6, 6.07) is 0.323. The molecular weight excluding hydrogens is 226 g/mol. The van der Waals surface area contributed by atoms with Gasteiger partial charge in [-0.3, -0.25) is 0 Å². The Balaban J connectivity index is 1.73. The third-order valence-corrected chi connectivity index (χ3v) is 4.55. The summed E-state index contributed by atoms with van der Waals surface area (Å²) in [6.07, 6.45) is 7.29. The van der Waals surface area contributed by atoms with Crippen LogP contribution in [0.25, 0.3) is 0 Å². The lowest BCUT2D eigenvalue weighted by Crippen LogP contribution is -2.41. The number of hydrogen-bond donors (Lipinski definition) is 1. The van der Waals surface area contributed by atoms with E-state index in [9.17, 15) is 4.79 Å². The summed E-state index contributed by atoms with van der Waals surface area (Å²) in [5.41, 5.74) is 0.255. The van der Waals surface area contributed by atoms with Crippen molar-refractivity contribution in [2.45, 2.75) is 77.9 Å². The van der Waals surface area contributed by atoms with Crippen molar-refractivity contribution in [1.82, 2.24) is 5.32 Å². The topological polar surface area (TPSA) is 38.3 Å². The number of ether oxygens (including phenoxy) is 1. The predicted octanol–water partition coefficient (Wildman–Crippen LogP) is 3.87. The van der Waals surface area contributed by atoms with Crippen molar-refractivity contribution in [3.63, 3.8) is 0 Å². The minimum absolute atomic E-state index is 0.258. The van der Waals surface area contributed by atoms with Gasteiger partial charge in [0, 0.05) is 6.04 Å². The summed E-state index contributed by atoms with van der Waals surface area (Å²) in [7, 11) is 0. The van der Waals surface area contributed by atoms with Crippen LogP contribution in [0.2, 0.25) is 0 Å². The lowest BCUT2D eigenvalue weighted by atomic mass is 9.81. The second-order valence-corrected chi connectivity index (χ2v) is 7.09. The Hall–Kier alpha value is -0.730. The molecule has 1 spiro atoms. The van der Waals surface area contributed by atoms with Crippen LogP contribution in [0, 0.1) is 11.3 Å². The molecule has 0 heterocycles. The zero-order valence-electron chi connectivity index (χ0n) is 12.2. The molecule has 1 unspecified atom stereocenters. The second-order valence-electron chi connectivity index (χ2n) is 7.09. The molecule has 0 saturated heterocycles. The molecule has 0 radical (unpaired) electrons. The standard InChI is InChI=1S/C15H27NO2/c1-5-11-10-15(11)8-6-12(7-9-15)16-13(17)18-14(2,3)4/h11-12H,5-10H2,1-4H3,(H,16,17). The van der Waals surface area contributed by atoms with Crippen LogP contribution in [0.15, 0.2) is 0 Å². The van der Waals surface area contributed by atoms with E-state index in [1.165, 1.54) is 25.7 Å². The van der Waals surface area contributed by atoms with Crippen molar-refractivity contribution in [3.05, 3.63) is 0 Å². The molecule has 1 amide bonds. The van der Waals surface area contributed by atoms with Gasteiger partial charge in [-0.05, 0) is 64.2 Å². The first-order valence-corrected chi connectivity index (χ1v) is 7.34. The molecule has 3 heteroatoms. The Morgan fingerprint density at radius 1 is 1.33 bits per heavy atom. The van der Waals surface area contributed by atoms with E-state index in [1.807, 2.05) is 20.8 Å². The number of carbonyl (C=O) groups is 1. The molecule has 0 aliphatic heterocycles. The van der Waals surface area contributed by atoms with Gasteiger partial charge in [-0.25, -0.2) is 4.79 Å². The summed E-state index contributed by atoms with van der Waals surface area (Å²) in [6.45, 7) is 8.00. The third kappa shape index (κ3) is 3.18. The maximum absolute atomic E-state index is 11.7. The highest BCUT2D eigenvalue weighted by atomic mass is 16.6. The molecule has 3 nitrogen and oxygen atoms in total. The first kappa shape index (κ1) is 13.7. The molecule has 0 bridgehead atoms. The predicted molar refractivity (Wildman–Crippen MR) is 72.5 cm³/mol. The summed E-state index contributed by atoms with van der Waals surface area (Å²) >= 11 is 0. The highest BCUT2D eigenvalue weighted by Crippen LogP contribution is 2.62. The van der Waals surface area contributed by atoms with Gasteiger partial charge >= 0.3 is 6.09 Å². The first-order valence-electron chi connectivity index (χ1n) is 7.34. The van der Waals surface area contributed by atoms with Crippen molar-refractivity contribution in [3.8, 4) is 0 Å². The van der Waals surface area contributed by atoms with Crippen LogP contribution in [-0.4, -0.2) is 17.7 Å². The zero-order valence-corrected chi connectivity index (χ0v) is 12.2. The first-order chi connectivity index (χ1) is 8.35. The number of alkyl carbamates (subject to hydrolysis) is 1. The maximum atomic E-state index is 11.7. The monoisotopic (exact) mass is 253 g/mol. The largest absolute Gasteiger partial charge is 0.444 e. The number of carbonyl (C=O) groups excluding carboxylic acids is 1. The molecule has 0 aromatic rings. The Bertz CT molecular complexity index is 311. The lowest BCUT2D eigenvalue weighted by molar-refractivity contribution is 0.0483. The van der Waals surface area contributed by atoms with Crippen molar-refractivity contribution < 1.29 is 9.53 Å². The van der Waals surface area contributed by atoms with Crippen molar-refractivity contribution in [2.75, 3.05) is 0 Å². The maximum Gasteiger partial charge on any atom is 0.407 e. The molecule has 2 rings (SSSR count). The average Bonchev–Trinajstić information content (AvgIpc) is 2.93. The fourth-order valence-electron chi connectivity index (χ4n) is 3.43. The van der Waals surface area contributed by atoms with E-state index < -0.39 is 5.60 Å². The van der Waals surface area contributed by atoms with E-state index in [4.69, 9.17) is 4.74 Å². The second kappa shape index (κ2) is 4.75. The van der Waals surface area contributed by atoms with Crippen LogP contribution in [0.1, 0.15) is 66.2 Å². The smallest absolute Gasteiger partial charge is 0.407 e. The SMILES string of the molecule is CCC1CC12CCC(NC(=O)OC(C)(C)C)CC2. The molecule has 2 aliphatic carbocycles. The molecule has 1 N–H and O–H groups in total. The van der Waals surface area contributed by atoms with Gasteiger partial charge in [0.15, 0.2) is 0 Å². The highest BCUT2D eigenvalue weighted by molar-refractivity contribution is 5.68. The van der Waals surface area contributed by atoms with Gasteiger partial charge in [0.05, 0.1) is 0 Å². The molecule has 1 atom stereocenters. The van der Waals surface area contributed by atoms with Crippen molar-refractivity contribution >= 4 is 6.09 Å². The quantitative estimate of drug-likeness (QED) is 0.811. The summed E-state index contributed by atoms with van der Waals surface area (Å²) in [5, 5.41) is 3.01. The normalized spacial score (nSPS) is 35.3. The molecular formula is C15H27NO2. The number of amides is 1. The molecule has 104 valence electrons. The van der Waals surface area contributed by atoms with Crippen LogP contribution >= 0.6 is 0 Å². The highest BCUT2D eigenvalue weighted by Gasteiger charge is 2.53. The van der Waals surface area contributed by atoms with E-state index in [1.54, 1.807) is 0 Å². The van der Waals surface area contributed by atoms with Gasteiger partial charge in [-0.15, -0.1) is 0 Å². The third-order valence-electron chi connectivity index (χ3n) is 4.55. The number of nitrogens with one attached hydrogen (secondary N) is 1. The summed E-state index contributed by atoms with van der Waals surface area (Å²) in [5.74, 6) is 0.958. The molecule has 0 aromatic carbocycles. The van der Waals surface area contributed by atoms with Crippen LogP contribution < -0.4 is 5.32 Å². The van der Waals surface area contributed by atoms with Crippen LogP contribution in [-0.2, 0) is 4.74 Å². The fraction of sp³-hybridized carbons (Fsp3) is 0.933. The average molecular weight is 253 g/mol. The van der Waals surface area contributed by atoms with Gasteiger partial charge in [0.25, 0.3) is 0 Å². The zero-order chi connectivity index (χ0) is 13.4. The fourth-order valence-corrected chi connectivity index (χ4v) is 3.43. The summed E-state index contributed by atoms with van der Waals surface area (Å²) in [4.78, 5) is 11.7. The van der Waals surface area contributed by atoms with Crippen LogP contribution in [0.4, 0.5) is 4.79 Å². The molecule has 0 aromatic heterocycles. The van der Waals surface area contributed by atoms with E-state index in [0.717, 1.165) is 18.8 Å². The van der Waals surface area contributed by atoms with Gasteiger partial charge in [0.2, 0.25) is 0 Å². The minimum atomic E-state index is -0.399. The van der Waals surface area contributed by atoms with Crippen LogP contribution in [0.3, 0.4) is 0 Å². The van der Waals surface area contributed by atoms with E-state index in [0.29, 0.717) is 11.5 Å². The van der Waals surface area contributed by atoms with Crippen molar-refractivity contribution in [2.24, 2.45) is 11.3 Å². The molecule has 2 aliphatic rings. The Morgan fingerprint density at radius 3 is 2.39 bits per heavy atom. The van der Waals surface area contributed by atoms with Gasteiger partial charge in [-0.1, -0.05) is 13.3 Å². The number of hydrogen-bond acceptors (Lipinski definition) is 2. The lowest BCUT2D eigenvalue weighted by Gasteiger charge is -2.31. The molecule has 2 fully saturated rings. The van der Waals surface area contributed by atoms with E-state index in [-0.39, 0.29) is 6.09 Å². The minimum Gasteiger partial charge on any atom is -0.444 e.